The first kappa shape index (κ1) is 22.4. The molecule has 2 N–H and O–H groups in total. The van der Waals surface area contributed by atoms with E-state index in [1.165, 1.54) is 6.42 Å². The molecule has 0 spiro atoms. The van der Waals surface area contributed by atoms with E-state index in [0.29, 0.717) is 50.0 Å². The Bertz CT molecular complexity index is 881. The molecule has 9 nitrogen and oxygen atoms in total. The van der Waals surface area contributed by atoms with Crippen LogP contribution in [0.15, 0.2) is 17.1 Å². The molecule has 2 amide bonds. The number of rotatable bonds is 9. The van der Waals surface area contributed by atoms with Crippen LogP contribution in [0.4, 0.5) is 5.69 Å². The summed E-state index contributed by atoms with van der Waals surface area (Å²) in [5.74, 6) is 1.80. The van der Waals surface area contributed by atoms with Gasteiger partial charge in [-0.1, -0.05) is 19.3 Å². The third-order valence-electron chi connectivity index (χ3n) is 6.33. The van der Waals surface area contributed by atoms with E-state index in [1.54, 1.807) is 7.11 Å². The summed E-state index contributed by atoms with van der Waals surface area (Å²) in [6, 6.07) is 3.93. The van der Waals surface area contributed by atoms with E-state index < -0.39 is 0 Å². The predicted octanol–water partition coefficient (Wildman–Crippen LogP) is 1.94. The van der Waals surface area contributed by atoms with Crippen molar-refractivity contribution in [3.63, 3.8) is 0 Å². The number of nitrogens with zero attached hydrogens (tertiary/aromatic N) is 3. The number of aliphatic hydroxyl groups excluding tert-OH is 1. The van der Waals surface area contributed by atoms with E-state index in [1.807, 2.05) is 21.9 Å². The number of guanidine groups is 1. The Kier molecular flexibility index (Phi) is 7.14. The lowest BCUT2D eigenvalue weighted by atomic mass is 9.94. The monoisotopic (exact) mass is 444 g/mol. The fraction of sp³-hybridized carbons (Fsp3) is 0.609. The summed E-state index contributed by atoms with van der Waals surface area (Å²) in [5, 5.41) is 12.2. The van der Waals surface area contributed by atoms with Crippen LogP contribution in [-0.2, 0) is 16.1 Å². The predicted molar refractivity (Wildman–Crippen MR) is 119 cm³/mol. The van der Waals surface area contributed by atoms with Crippen molar-refractivity contribution in [1.82, 2.24) is 15.1 Å². The molecule has 1 aliphatic carbocycles. The lowest BCUT2D eigenvalue weighted by Crippen LogP contribution is -2.43. The highest BCUT2D eigenvalue weighted by Gasteiger charge is 2.31. The van der Waals surface area contributed by atoms with E-state index in [4.69, 9.17) is 9.47 Å². The lowest BCUT2D eigenvalue weighted by Gasteiger charge is -2.34. The Morgan fingerprint density at radius 1 is 1.28 bits per heavy atom. The van der Waals surface area contributed by atoms with Crippen LogP contribution >= 0.6 is 0 Å². The van der Waals surface area contributed by atoms with Gasteiger partial charge in [-0.2, -0.15) is 0 Å². The van der Waals surface area contributed by atoms with Gasteiger partial charge in [-0.15, -0.1) is 0 Å². The van der Waals surface area contributed by atoms with Crippen LogP contribution in [0, 0.1) is 0 Å². The van der Waals surface area contributed by atoms with Crippen LogP contribution in [0.3, 0.4) is 0 Å². The summed E-state index contributed by atoms with van der Waals surface area (Å²) in [5.41, 5.74) is 1.64. The third kappa shape index (κ3) is 4.82. The molecule has 1 saturated heterocycles. The number of aliphatic imine (C=N–C) groups is 1. The second-order valence-corrected chi connectivity index (χ2v) is 8.49. The third-order valence-corrected chi connectivity index (χ3v) is 6.33. The van der Waals surface area contributed by atoms with Gasteiger partial charge >= 0.3 is 0 Å². The van der Waals surface area contributed by atoms with Gasteiger partial charge in [0.1, 0.15) is 6.54 Å². The Labute approximate surface area is 188 Å². The van der Waals surface area contributed by atoms with E-state index in [-0.39, 0.29) is 31.0 Å². The molecule has 9 heteroatoms. The maximum atomic E-state index is 12.8. The Morgan fingerprint density at radius 3 is 2.84 bits per heavy atom. The number of methoxy groups -OCH3 is 1. The Balaban J connectivity index is 1.34. The molecule has 4 rings (SSSR count). The molecule has 1 aromatic rings. The molecule has 1 saturated carbocycles. The maximum Gasteiger partial charge on any atom is 0.246 e. The number of hydrogen-bond acceptors (Lipinski definition) is 7. The quantitative estimate of drug-likeness (QED) is 0.564. The minimum absolute atomic E-state index is 0.00655. The molecule has 3 aliphatic rings. The smallest absolute Gasteiger partial charge is 0.246 e. The van der Waals surface area contributed by atoms with Gasteiger partial charge in [0.05, 0.1) is 32.6 Å². The molecule has 0 bridgehead atoms. The van der Waals surface area contributed by atoms with E-state index in [0.717, 1.165) is 36.9 Å². The van der Waals surface area contributed by atoms with E-state index in [2.05, 4.69) is 10.3 Å². The molecule has 2 aliphatic heterocycles. The first-order valence-corrected chi connectivity index (χ1v) is 11.5. The van der Waals surface area contributed by atoms with Crippen molar-refractivity contribution in [2.75, 3.05) is 33.4 Å². The summed E-state index contributed by atoms with van der Waals surface area (Å²) in [6.45, 7) is 1.58. The number of benzene rings is 1. The zero-order valence-corrected chi connectivity index (χ0v) is 18.6. The fourth-order valence-electron chi connectivity index (χ4n) is 4.78. The second kappa shape index (κ2) is 10.2. The molecule has 0 radical (unpaired) electrons. The molecule has 1 aromatic carbocycles. The molecule has 2 fully saturated rings. The van der Waals surface area contributed by atoms with Gasteiger partial charge in [-0.25, -0.2) is 4.99 Å². The summed E-state index contributed by atoms with van der Waals surface area (Å²) < 4.78 is 11.6. The summed E-state index contributed by atoms with van der Waals surface area (Å²) in [6.07, 6.45) is 6.54. The summed E-state index contributed by atoms with van der Waals surface area (Å²) in [7, 11) is 1.59. The second-order valence-electron chi connectivity index (χ2n) is 8.49. The van der Waals surface area contributed by atoms with E-state index >= 15 is 0 Å². The first-order valence-electron chi connectivity index (χ1n) is 11.5. The van der Waals surface area contributed by atoms with Crippen molar-refractivity contribution >= 4 is 23.5 Å². The highest BCUT2D eigenvalue weighted by atomic mass is 16.5. The Hall–Kier alpha value is -2.81. The number of fused-ring (bicyclic) bond motifs is 2. The number of nitrogens with one attached hydrogen (secondary N) is 1. The zero-order valence-electron chi connectivity index (χ0n) is 18.6. The molecule has 0 aromatic heterocycles. The number of aliphatic hydroxyl groups is 1. The van der Waals surface area contributed by atoms with Crippen LogP contribution in [0.5, 0.6) is 11.5 Å². The highest BCUT2D eigenvalue weighted by Crippen LogP contribution is 2.40. The maximum absolute atomic E-state index is 12.8. The van der Waals surface area contributed by atoms with Crippen molar-refractivity contribution in [3.8, 4) is 11.5 Å². The molecular formula is C23H32N4O5. The standard InChI is InChI=1S/C23H32N4O5/c1-31-22-17-14-26-15-20(29)25-23(26)24-18(17)9-10-19(22)32-13-5-8-21(30)27(11-12-28)16-6-3-2-4-7-16/h9-10,16,28H,2-8,11-15H2,1H3,(H,24,25,29). The summed E-state index contributed by atoms with van der Waals surface area (Å²) in [4.78, 5) is 32.7. The molecule has 0 unspecified atom stereocenters. The average molecular weight is 445 g/mol. The van der Waals surface area contributed by atoms with Gasteiger partial charge in [-0.05, 0) is 31.4 Å². The molecular weight excluding hydrogens is 412 g/mol. The average Bonchev–Trinajstić information content (AvgIpc) is 3.17. The summed E-state index contributed by atoms with van der Waals surface area (Å²) >= 11 is 0. The number of carbonyl (C=O) groups excluding carboxylic acids is 2. The zero-order chi connectivity index (χ0) is 22.5. The van der Waals surface area contributed by atoms with Crippen LogP contribution < -0.4 is 14.8 Å². The van der Waals surface area contributed by atoms with E-state index in [9.17, 15) is 14.7 Å². The Morgan fingerprint density at radius 2 is 2.09 bits per heavy atom. The normalized spacial score (nSPS) is 17.9. The number of carbonyl (C=O) groups is 2. The van der Waals surface area contributed by atoms with Gasteiger partial charge in [0.15, 0.2) is 11.5 Å². The first-order chi connectivity index (χ1) is 15.6. The van der Waals surface area contributed by atoms with Gasteiger partial charge in [0, 0.05) is 24.6 Å². The fourth-order valence-corrected chi connectivity index (χ4v) is 4.78. The van der Waals surface area contributed by atoms with Crippen LogP contribution in [-0.4, -0.2) is 72.1 Å². The molecule has 174 valence electrons. The minimum atomic E-state index is -0.0693. The van der Waals surface area contributed by atoms with Crippen molar-refractivity contribution in [1.29, 1.82) is 0 Å². The molecule has 0 atom stereocenters. The highest BCUT2D eigenvalue weighted by molar-refractivity contribution is 6.06. The van der Waals surface area contributed by atoms with Crippen molar-refractivity contribution in [2.45, 2.75) is 57.5 Å². The number of ether oxygens (including phenoxy) is 2. The van der Waals surface area contributed by atoms with Gasteiger partial charge in [0.2, 0.25) is 17.8 Å². The minimum Gasteiger partial charge on any atom is -0.492 e. The molecule has 32 heavy (non-hydrogen) atoms. The van der Waals surface area contributed by atoms with Crippen LogP contribution in [0.25, 0.3) is 0 Å². The van der Waals surface area contributed by atoms with Crippen molar-refractivity contribution in [2.24, 2.45) is 4.99 Å². The molecule has 2 heterocycles. The van der Waals surface area contributed by atoms with Gasteiger partial charge < -0.3 is 24.4 Å². The van der Waals surface area contributed by atoms with Crippen LogP contribution in [0.1, 0.15) is 50.5 Å². The lowest BCUT2D eigenvalue weighted by molar-refractivity contribution is -0.135. The topological polar surface area (TPSA) is 104 Å². The van der Waals surface area contributed by atoms with Crippen LogP contribution in [0.2, 0.25) is 0 Å². The number of amides is 2. The van der Waals surface area contributed by atoms with Crippen molar-refractivity contribution in [3.05, 3.63) is 17.7 Å². The number of hydrogen-bond donors (Lipinski definition) is 2. The van der Waals surface area contributed by atoms with Crippen molar-refractivity contribution < 1.29 is 24.2 Å². The van der Waals surface area contributed by atoms with Gasteiger partial charge in [-0.3, -0.25) is 14.9 Å². The largest absolute Gasteiger partial charge is 0.492 e. The van der Waals surface area contributed by atoms with Gasteiger partial charge in [0.25, 0.3) is 0 Å². The SMILES string of the molecule is COc1c(OCCCC(=O)N(CCO)C2CCCCC2)ccc2c1CN1CC(=O)NC1=N2.